The molecule has 98 valence electrons. The van der Waals surface area contributed by atoms with Crippen LogP contribution in [0, 0.1) is 0 Å². The number of benzene rings is 1. The number of ether oxygens (including phenoxy) is 1. The molecule has 1 fully saturated rings. The first-order valence-corrected chi connectivity index (χ1v) is 6.95. The molecule has 1 saturated heterocycles. The van der Waals surface area contributed by atoms with Gasteiger partial charge in [0.1, 0.15) is 0 Å². The highest BCUT2D eigenvalue weighted by Crippen LogP contribution is 2.32. The maximum absolute atomic E-state index is 5.85. The topological polar surface area (TPSA) is 24.5 Å². The molecule has 3 nitrogen and oxygen atoms in total. The Balaban J connectivity index is 1.77. The van der Waals surface area contributed by atoms with Gasteiger partial charge in [-0.05, 0) is 31.0 Å². The van der Waals surface area contributed by atoms with Crippen molar-refractivity contribution in [1.82, 2.24) is 10.2 Å². The van der Waals surface area contributed by atoms with E-state index in [4.69, 9.17) is 4.74 Å². The highest BCUT2D eigenvalue weighted by Gasteiger charge is 2.28. The average molecular weight is 246 g/mol. The Labute approximate surface area is 109 Å². The van der Waals surface area contributed by atoms with Gasteiger partial charge in [0.25, 0.3) is 0 Å². The second-order valence-corrected chi connectivity index (χ2v) is 5.38. The maximum atomic E-state index is 5.85. The lowest BCUT2D eigenvalue weighted by Crippen LogP contribution is -2.42. The molecule has 1 aromatic rings. The van der Waals surface area contributed by atoms with E-state index in [-0.39, 0.29) is 0 Å². The van der Waals surface area contributed by atoms with Gasteiger partial charge in [-0.2, -0.15) is 0 Å². The summed E-state index contributed by atoms with van der Waals surface area (Å²) in [6.07, 6.45) is 2.63. The highest BCUT2D eigenvalue weighted by atomic mass is 16.5. The number of nitrogens with zero attached hydrogens (tertiary/aromatic N) is 1. The van der Waals surface area contributed by atoms with E-state index in [0.717, 1.165) is 32.7 Å². The van der Waals surface area contributed by atoms with Crippen LogP contribution in [-0.4, -0.2) is 44.3 Å². The Hall–Kier alpha value is -0.900. The van der Waals surface area contributed by atoms with Crippen molar-refractivity contribution in [3.63, 3.8) is 0 Å². The summed E-state index contributed by atoms with van der Waals surface area (Å²) in [6.45, 7) is 3.99. The molecular weight excluding hydrogens is 224 g/mol. The monoisotopic (exact) mass is 246 g/mol. The highest BCUT2D eigenvalue weighted by molar-refractivity contribution is 5.32. The van der Waals surface area contributed by atoms with Crippen LogP contribution in [0.25, 0.3) is 0 Å². The minimum absolute atomic E-state index is 0.359. The van der Waals surface area contributed by atoms with Gasteiger partial charge in [0.05, 0.1) is 12.7 Å². The third kappa shape index (κ3) is 2.44. The normalized spacial score (nSPS) is 28.9. The third-order valence-corrected chi connectivity index (χ3v) is 4.17. The lowest BCUT2D eigenvalue weighted by atomic mass is 9.89. The Morgan fingerprint density at radius 3 is 3.11 bits per heavy atom. The smallest absolute Gasteiger partial charge is 0.0718 e. The van der Waals surface area contributed by atoms with Crippen molar-refractivity contribution in [2.24, 2.45) is 0 Å². The van der Waals surface area contributed by atoms with Crippen molar-refractivity contribution in [2.45, 2.75) is 25.0 Å². The number of morpholine rings is 1. The second-order valence-electron chi connectivity index (χ2n) is 5.38. The number of likely N-dealkylation sites (N-methyl/N-ethyl adjacent to an activating group) is 1. The van der Waals surface area contributed by atoms with E-state index in [1.807, 2.05) is 0 Å². The van der Waals surface area contributed by atoms with Crippen LogP contribution in [0.2, 0.25) is 0 Å². The predicted octanol–water partition coefficient (Wildman–Crippen LogP) is 1.59. The van der Waals surface area contributed by atoms with E-state index in [0.29, 0.717) is 12.1 Å². The molecule has 3 rings (SSSR count). The van der Waals surface area contributed by atoms with Crippen molar-refractivity contribution in [1.29, 1.82) is 0 Å². The fraction of sp³-hybridized carbons (Fsp3) is 0.600. The number of rotatable bonds is 2. The molecule has 0 aromatic heterocycles. The number of hydrogen-bond donors (Lipinski definition) is 1. The first-order chi connectivity index (χ1) is 8.84. The summed E-state index contributed by atoms with van der Waals surface area (Å²) in [5.41, 5.74) is 3.02. The van der Waals surface area contributed by atoms with E-state index < -0.39 is 0 Å². The fourth-order valence-corrected chi connectivity index (χ4v) is 3.10. The van der Waals surface area contributed by atoms with Gasteiger partial charge >= 0.3 is 0 Å². The van der Waals surface area contributed by atoms with Crippen LogP contribution in [0.1, 0.15) is 23.6 Å². The standard InChI is InChI=1S/C15H22N2O/c1-17-8-6-12-4-2-3-5-14(12)15(17)10-13-11-16-7-9-18-13/h2-5,13,15-16H,6-11H2,1H3. The van der Waals surface area contributed by atoms with Crippen LogP contribution >= 0.6 is 0 Å². The maximum Gasteiger partial charge on any atom is 0.0718 e. The largest absolute Gasteiger partial charge is 0.376 e. The third-order valence-electron chi connectivity index (χ3n) is 4.17. The van der Waals surface area contributed by atoms with Crippen LogP contribution in [0.15, 0.2) is 24.3 Å². The van der Waals surface area contributed by atoms with Gasteiger partial charge < -0.3 is 10.1 Å². The molecule has 1 N–H and O–H groups in total. The van der Waals surface area contributed by atoms with Crippen LogP contribution in [0.5, 0.6) is 0 Å². The number of nitrogens with one attached hydrogen (secondary N) is 1. The minimum atomic E-state index is 0.359. The van der Waals surface area contributed by atoms with Crippen molar-refractivity contribution in [2.75, 3.05) is 33.3 Å². The summed E-state index contributed by atoms with van der Waals surface area (Å²) in [4.78, 5) is 2.47. The van der Waals surface area contributed by atoms with Gasteiger partial charge in [-0.25, -0.2) is 0 Å². The predicted molar refractivity (Wildman–Crippen MR) is 72.7 cm³/mol. The Kier molecular flexibility index (Phi) is 3.64. The molecule has 2 heterocycles. The van der Waals surface area contributed by atoms with E-state index in [1.165, 1.54) is 17.5 Å². The van der Waals surface area contributed by atoms with Crippen molar-refractivity contribution in [3.8, 4) is 0 Å². The van der Waals surface area contributed by atoms with Gasteiger partial charge in [-0.15, -0.1) is 0 Å². The van der Waals surface area contributed by atoms with Crippen molar-refractivity contribution < 1.29 is 4.74 Å². The average Bonchev–Trinajstić information content (AvgIpc) is 2.43. The lowest BCUT2D eigenvalue weighted by Gasteiger charge is -2.37. The quantitative estimate of drug-likeness (QED) is 0.858. The first-order valence-electron chi connectivity index (χ1n) is 6.95. The molecule has 2 unspecified atom stereocenters. The first kappa shape index (κ1) is 12.2. The molecule has 2 aliphatic rings. The van der Waals surface area contributed by atoms with Gasteiger partial charge in [-0.1, -0.05) is 24.3 Å². The van der Waals surface area contributed by atoms with Gasteiger partial charge in [0, 0.05) is 25.7 Å². The van der Waals surface area contributed by atoms with Gasteiger partial charge in [0.2, 0.25) is 0 Å². The second kappa shape index (κ2) is 5.39. The Morgan fingerprint density at radius 1 is 1.39 bits per heavy atom. The molecule has 2 aliphatic heterocycles. The van der Waals surface area contributed by atoms with Crippen LogP contribution < -0.4 is 5.32 Å². The molecule has 3 heteroatoms. The fourth-order valence-electron chi connectivity index (χ4n) is 3.10. The molecule has 0 aliphatic carbocycles. The molecule has 2 atom stereocenters. The Morgan fingerprint density at radius 2 is 2.28 bits per heavy atom. The van der Waals surface area contributed by atoms with Crippen LogP contribution in [0.4, 0.5) is 0 Å². The molecule has 0 amide bonds. The molecular formula is C15H22N2O. The molecule has 0 spiro atoms. The van der Waals surface area contributed by atoms with E-state index in [9.17, 15) is 0 Å². The number of fused-ring (bicyclic) bond motifs is 1. The molecule has 0 bridgehead atoms. The summed E-state index contributed by atoms with van der Waals surface area (Å²) in [5, 5.41) is 3.42. The lowest BCUT2D eigenvalue weighted by molar-refractivity contribution is 0.00544. The van der Waals surface area contributed by atoms with Crippen molar-refractivity contribution >= 4 is 0 Å². The SMILES string of the molecule is CN1CCc2ccccc2C1CC1CNCCO1. The van der Waals surface area contributed by atoms with Gasteiger partial charge in [-0.3, -0.25) is 4.90 Å². The molecule has 0 saturated carbocycles. The van der Waals surface area contributed by atoms with E-state index >= 15 is 0 Å². The van der Waals surface area contributed by atoms with E-state index in [1.54, 1.807) is 0 Å². The molecule has 1 aromatic carbocycles. The number of hydrogen-bond acceptors (Lipinski definition) is 3. The molecule has 18 heavy (non-hydrogen) atoms. The van der Waals surface area contributed by atoms with Gasteiger partial charge in [0.15, 0.2) is 0 Å². The summed E-state index contributed by atoms with van der Waals surface area (Å²) >= 11 is 0. The summed E-state index contributed by atoms with van der Waals surface area (Å²) in [6, 6.07) is 9.38. The van der Waals surface area contributed by atoms with Crippen LogP contribution in [-0.2, 0) is 11.2 Å². The zero-order chi connectivity index (χ0) is 12.4. The minimum Gasteiger partial charge on any atom is -0.376 e. The van der Waals surface area contributed by atoms with E-state index in [2.05, 4.69) is 41.5 Å². The molecule has 0 radical (unpaired) electrons. The summed E-state index contributed by atoms with van der Waals surface area (Å²) in [5.74, 6) is 0. The zero-order valence-corrected chi connectivity index (χ0v) is 11.1. The van der Waals surface area contributed by atoms with Crippen LogP contribution in [0.3, 0.4) is 0 Å². The summed E-state index contributed by atoms with van der Waals surface area (Å²) < 4.78 is 5.85. The zero-order valence-electron chi connectivity index (χ0n) is 11.1. The summed E-state index contributed by atoms with van der Waals surface area (Å²) in [7, 11) is 2.23. The Bertz CT molecular complexity index is 401. The van der Waals surface area contributed by atoms with Crippen molar-refractivity contribution in [3.05, 3.63) is 35.4 Å².